The van der Waals surface area contributed by atoms with Gasteiger partial charge in [0.05, 0.1) is 4.92 Å². The predicted molar refractivity (Wildman–Crippen MR) is 81.7 cm³/mol. The Kier molecular flexibility index (Phi) is 4.73. The van der Waals surface area contributed by atoms with Crippen LogP contribution in [0.2, 0.25) is 0 Å². The van der Waals surface area contributed by atoms with E-state index in [1.165, 1.54) is 12.1 Å². The molecule has 0 bridgehead atoms. The highest BCUT2D eigenvalue weighted by Crippen LogP contribution is 2.21. The molecule has 0 aromatic heterocycles. The van der Waals surface area contributed by atoms with E-state index in [2.05, 4.69) is 13.8 Å². The zero-order chi connectivity index (χ0) is 15.4. The van der Waals surface area contributed by atoms with Gasteiger partial charge in [0.1, 0.15) is 0 Å². The number of amides is 1. The number of rotatable bonds is 3. The lowest BCUT2D eigenvalue weighted by Gasteiger charge is -2.34. The maximum atomic E-state index is 12.2. The molecule has 1 aliphatic heterocycles. The van der Waals surface area contributed by atoms with E-state index in [1.54, 1.807) is 24.3 Å². The van der Waals surface area contributed by atoms with Crippen molar-refractivity contribution in [1.82, 2.24) is 4.90 Å². The van der Waals surface area contributed by atoms with Crippen LogP contribution < -0.4 is 0 Å². The lowest BCUT2D eigenvalue weighted by molar-refractivity contribution is -0.384. The van der Waals surface area contributed by atoms with Crippen molar-refractivity contribution >= 4 is 17.7 Å². The Morgan fingerprint density at radius 1 is 1.24 bits per heavy atom. The molecule has 1 amide bonds. The van der Waals surface area contributed by atoms with Crippen LogP contribution in [0.5, 0.6) is 0 Å². The van der Waals surface area contributed by atoms with E-state index in [9.17, 15) is 14.9 Å². The number of nitrogens with zero attached hydrogens (tertiary/aromatic N) is 2. The highest BCUT2D eigenvalue weighted by atomic mass is 16.6. The molecule has 1 heterocycles. The third-order valence-corrected chi connectivity index (χ3v) is 3.70. The van der Waals surface area contributed by atoms with E-state index in [-0.39, 0.29) is 11.6 Å². The van der Waals surface area contributed by atoms with Gasteiger partial charge in [0.2, 0.25) is 5.91 Å². The molecule has 112 valence electrons. The Morgan fingerprint density at radius 3 is 2.33 bits per heavy atom. The fourth-order valence-corrected chi connectivity index (χ4v) is 2.82. The maximum absolute atomic E-state index is 12.2. The fraction of sp³-hybridized carbons (Fsp3) is 0.438. The van der Waals surface area contributed by atoms with Gasteiger partial charge in [-0.1, -0.05) is 13.8 Å². The first-order valence-electron chi connectivity index (χ1n) is 7.17. The fourth-order valence-electron chi connectivity index (χ4n) is 2.82. The molecule has 2 rings (SSSR count). The average Bonchev–Trinajstić information content (AvgIpc) is 2.44. The molecule has 5 nitrogen and oxygen atoms in total. The smallest absolute Gasteiger partial charge is 0.269 e. The number of carbonyl (C=O) groups is 1. The highest BCUT2D eigenvalue weighted by Gasteiger charge is 2.23. The number of hydrogen-bond donors (Lipinski definition) is 0. The Bertz CT molecular complexity index is 541. The molecule has 0 spiro atoms. The third-order valence-electron chi connectivity index (χ3n) is 3.70. The number of likely N-dealkylation sites (tertiary alicyclic amines) is 1. The van der Waals surface area contributed by atoms with Gasteiger partial charge in [-0.2, -0.15) is 0 Å². The van der Waals surface area contributed by atoms with Crippen molar-refractivity contribution in [3.8, 4) is 0 Å². The first-order valence-corrected chi connectivity index (χ1v) is 7.17. The van der Waals surface area contributed by atoms with Crippen LogP contribution in [-0.4, -0.2) is 28.8 Å². The first-order chi connectivity index (χ1) is 9.95. The average molecular weight is 288 g/mol. The quantitative estimate of drug-likeness (QED) is 0.487. The number of carbonyl (C=O) groups excluding carboxylic acids is 1. The molecule has 1 aromatic rings. The van der Waals surface area contributed by atoms with Crippen molar-refractivity contribution in [1.29, 1.82) is 0 Å². The van der Waals surface area contributed by atoms with Crippen LogP contribution in [0.25, 0.3) is 6.08 Å². The monoisotopic (exact) mass is 288 g/mol. The first kappa shape index (κ1) is 15.2. The molecular formula is C16H20N2O3. The van der Waals surface area contributed by atoms with Crippen LogP contribution >= 0.6 is 0 Å². The SMILES string of the molecule is CC1CC(C)CN(C(=O)/C=C/c2ccc([N+](=O)[O-])cc2)C1. The summed E-state index contributed by atoms with van der Waals surface area (Å²) in [6.45, 7) is 5.92. The summed E-state index contributed by atoms with van der Waals surface area (Å²) in [4.78, 5) is 24.2. The van der Waals surface area contributed by atoms with Crippen LogP contribution in [0.1, 0.15) is 25.8 Å². The molecule has 2 atom stereocenters. The second-order valence-electron chi connectivity index (χ2n) is 5.87. The summed E-state index contributed by atoms with van der Waals surface area (Å²) in [6, 6.07) is 6.16. The molecular weight excluding hydrogens is 268 g/mol. The molecule has 0 N–H and O–H groups in total. The molecule has 1 fully saturated rings. The standard InChI is InChI=1S/C16H20N2O3/c1-12-9-13(2)11-17(10-12)16(19)8-5-14-3-6-15(7-4-14)18(20)21/h3-8,12-13H,9-11H2,1-2H3/b8-5+. The van der Waals surface area contributed by atoms with Crippen LogP contribution in [0.3, 0.4) is 0 Å². The minimum absolute atomic E-state index is 0.00625. The molecule has 5 heteroatoms. The van der Waals surface area contributed by atoms with Gasteiger partial charge in [-0.05, 0) is 42.0 Å². The van der Waals surface area contributed by atoms with Crippen LogP contribution in [0.15, 0.2) is 30.3 Å². The number of nitro benzene ring substituents is 1. The lowest BCUT2D eigenvalue weighted by atomic mass is 9.92. The summed E-state index contributed by atoms with van der Waals surface area (Å²) in [5.41, 5.74) is 0.837. The van der Waals surface area contributed by atoms with E-state index in [0.29, 0.717) is 11.8 Å². The van der Waals surface area contributed by atoms with Gasteiger partial charge < -0.3 is 4.90 Å². The van der Waals surface area contributed by atoms with E-state index < -0.39 is 4.92 Å². The number of hydrogen-bond acceptors (Lipinski definition) is 3. The zero-order valence-electron chi connectivity index (χ0n) is 12.4. The van der Waals surface area contributed by atoms with Crippen molar-refractivity contribution in [3.05, 3.63) is 46.0 Å². The number of piperidine rings is 1. The molecule has 1 aliphatic rings. The Morgan fingerprint density at radius 2 is 1.81 bits per heavy atom. The lowest BCUT2D eigenvalue weighted by Crippen LogP contribution is -2.41. The maximum Gasteiger partial charge on any atom is 0.269 e. The summed E-state index contributed by atoms with van der Waals surface area (Å²) in [5, 5.41) is 10.6. The molecule has 1 aromatic carbocycles. The van der Waals surface area contributed by atoms with Gasteiger partial charge >= 0.3 is 0 Å². The van der Waals surface area contributed by atoms with Gasteiger partial charge in [0.15, 0.2) is 0 Å². The normalized spacial score (nSPS) is 22.5. The van der Waals surface area contributed by atoms with Crippen molar-refractivity contribution < 1.29 is 9.72 Å². The van der Waals surface area contributed by atoms with E-state index in [4.69, 9.17) is 0 Å². The second-order valence-corrected chi connectivity index (χ2v) is 5.87. The van der Waals surface area contributed by atoms with Crippen molar-refractivity contribution in [2.24, 2.45) is 11.8 Å². The second kappa shape index (κ2) is 6.52. The summed E-state index contributed by atoms with van der Waals surface area (Å²) in [5.74, 6) is 1.07. The van der Waals surface area contributed by atoms with Crippen molar-refractivity contribution in [2.75, 3.05) is 13.1 Å². The molecule has 0 aliphatic carbocycles. The van der Waals surface area contributed by atoms with Gasteiger partial charge in [-0.3, -0.25) is 14.9 Å². The molecule has 0 saturated carbocycles. The molecule has 21 heavy (non-hydrogen) atoms. The van der Waals surface area contributed by atoms with Crippen molar-refractivity contribution in [3.63, 3.8) is 0 Å². The summed E-state index contributed by atoms with van der Waals surface area (Å²) >= 11 is 0. The zero-order valence-corrected chi connectivity index (χ0v) is 12.4. The van der Waals surface area contributed by atoms with Crippen LogP contribution in [0.4, 0.5) is 5.69 Å². The molecule has 2 unspecified atom stereocenters. The summed E-state index contributed by atoms with van der Waals surface area (Å²) in [7, 11) is 0. The van der Waals surface area contributed by atoms with Crippen molar-refractivity contribution in [2.45, 2.75) is 20.3 Å². The van der Waals surface area contributed by atoms with Gasteiger partial charge in [0, 0.05) is 31.3 Å². The summed E-state index contributed by atoms with van der Waals surface area (Å²) < 4.78 is 0. The highest BCUT2D eigenvalue weighted by molar-refractivity contribution is 5.91. The van der Waals surface area contributed by atoms with E-state index in [1.807, 2.05) is 4.90 Å². The largest absolute Gasteiger partial charge is 0.339 e. The third kappa shape index (κ3) is 4.15. The van der Waals surface area contributed by atoms with Crippen LogP contribution in [-0.2, 0) is 4.79 Å². The van der Waals surface area contributed by atoms with E-state index in [0.717, 1.165) is 25.1 Å². The minimum atomic E-state index is -0.435. The number of nitro groups is 1. The Hall–Kier alpha value is -2.17. The van der Waals surface area contributed by atoms with Gasteiger partial charge in [-0.15, -0.1) is 0 Å². The minimum Gasteiger partial charge on any atom is -0.339 e. The summed E-state index contributed by atoms with van der Waals surface area (Å²) in [6.07, 6.45) is 4.41. The van der Waals surface area contributed by atoms with Gasteiger partial charge in [-0.25, -0.2) is 0 Å². The van der Waals surface area contributed by atoms with Crippen LogP contribution in [0, 0.1) is 22.0 Å². The predicted octanol–water partition coefficient (Wildman–Crippen LogP) is 3.11. The number of non-ortho nitro benzene ring substituents is 1. The number of benzene rings is 1. The molecule has 0 radical (unpaired) electrons. The Balaban J connectivity index is 1.99. The topological polar surface area (TPSA) is 63.5 Å². The molecule has 1 saturated heterocycles. The van der Waals surface area contributed by atoms with E-state index >= 15 is 0 Å². The Labute approximate surface area is 124 Å². The van der Waals surface area contributed by atoms with Gasteiger partial charge in [0.25, 0.3) is 5.69 Å².